The number of piperidine rings is 1. The van der Waals surface area contributed by atoms with Crippen LogP contribution in [0.4, 0.5) is 0 Å². The van der Waals surface area contributed by atoms with Crippen LogP contribution >= 0.6 is 0 Å². The average molecular weight is 308 g/mol. The zero-order valence-corrected chi connectivity index (χ0v) is 12.9. The SMILES string of the molecule is CC1(OCCS(=O)(=O)c2ccc(C#N)cc2)CCCNC1. The van der Waals surface area contributed by atoms with Crippen molar-refractivity contribution < 1.29 is 13.2 Å². The van der Waals surface area contributed by atoms with Gasteiger partial charge >= 0.3 is 0 Å². The van der Waals surface area contributed by atoms with Crippen LogP contribution < -0.4 is 5.32 Å². The molecule has 1 aromatic rings. The first kappa shape index (κ1) is 16.0. The summed E-state index contributed by atoms with van der Waals surface area (Å²) in [5.74, 6) is -0.0471. The number of hydrogen-bond acceptors (Lipinski definition) is 5. The van der Waals surface area contributed by atoms with Crippen molar-refractivity contribution in [2.75, 3.05) is 25.4 Å². The molecule has 0 saturated carbocycles. The Morgan fingerprint density at radius 1 is 1.38 bits per heavy atom. The van der Waals surface area contributed by atoms with Gasteiger partial charge in [-0.15, -0.1) is 0 Å². The Balaban J connectivity index is 1.93. The van der Waals surface area contributed by atoms with E-state index in [0.29, 0.717) is 5.56 Å². The molecule has 21 heavy (non-hydrogen) atoms. The Labute approximate surface area is 125 Å². The zero-order chi connectivity index (χ0) is 15.3. The van der Waals surface area contributed by atoms with Crippen LogP contribution in [0.25, 0.3) is 0 Å². The smallest absolute Gasteiger partial charge is 0.180 e. The van der Waals surface area contributed by atoms with Crippen molar-refractivity contribution in [2.45, 2.75) is 30.3 Å². The quantitative estimate of drug-likeness (QED) is 0.891. The molecule has 6 heteroatoms. The second-order valence-electron chi connectivity index (χ2n) is 5.53. The maximum absolute atomic E-state index is 12.2. The largest absolute Gasteiger partial charge is 0.373 e. The summed E-state index contributed by atoms with van der Waals surface area (Å²) >= 11 is 0. The van der Waals surface area contributed by atoms with Crippen molar-refractivity contribution in [1.82, 2.24) is 5.32 Å². The summed E-state index contributed by atoms with van der Waals surface area (Å²) in [4.78, 5) is 0.233. The lowest BCUT2D eigenvalue weighted by Gasteiger charge is -2.34. The van der Waals surface area contributed by atoms with E-state index in [4.69, 9.17) is 10.00 Å². The van der Waals surface area contributed by atoms with Gasteiger partial charge in [0.15, 0.2) is 9.84 Å². The van der Waals surface area contributed by atoms with Gasteiger partial charge in [0.1, 0.15) is 0 Å². The summed E-state index contributed by atoms with van der Waals surface area (Å²) in [6.45, 7) is 3.93. The normalized spacial score (nSPS) is 22.7. The molecular formula is C15H20N2O3S. The topological polar surface area (TPSA) is 79.2 Å². The second-order valence-corrected chi connectivity index (χ2v) is 7.64. The van der Waals surface area contributed by atoms with Crippen LogP contribution in [-0.4, -0.2) is 39.5 Å². The van der Waals surface area contributed by atoms with Gasteiger partial charge in [0.2, 0.25) is 0 Å². The van der Waals surface area contributed by atoms with E-state index in [-0.39, 0.29) is 22.9 Å². The number of rotatable bonds is 5. The van der Waals surface area contributed by atoms with E-state index in [1.807, 2.05) is 13.0 Å². The van der Waals surface area contributed by atoms with E-state index in [9.17, 15) is 8.42 Å². The van der Waals surface area contributed by atoms with Gasteiger partial charge in [-0.25, -0.2) is 8.42 Å². The summed E-state index contributed by atoms with van der Waals surface area (Å²) in [6, 6.07) is 7.94. The van der Waals surface area contributed by atoms with Crippen molar-refractivity contribution >= 4 is 9.84 Å². The molecule has 0 spiro atoms. The van der Waals surface area contributed by atoms with Crippen molar-refractivity contribution in [3.05, 3.63) is 29.8 Å². The maximum atomic E-state index is 12.2. The predicted molar refractivity (Wildman–Crippen MR) is 79.7 cm³/mol. The van der Waals surface area contributed by atoms with Crippen LogP contribution in [0.15, 0.2) is 29.2 Å². The summed E-state index contributed by atoms with van der Waals surface area (Å²) in [5.41, 5.74) is 0.171. The monoisotopic (exact) mass is 308 g/mol. The van der Waals surface area contributed by atoms with Gasteiger partial charge in [0.25, 0.3) is 0 Å². The Hall–Kier alpha value is -1.42. The molecule has 114 valence electrons. The van der Waals surface area contributed by atoms with Crippen molar-refractivity contribution in [1.29, 1.82) is 5.26 Å². The number of nitriles is 1. The highest BCUT2D eigenvalue weighted by Crippen LogP contribution is 2.20. The number of benzene rings is 1. The highest BCUT2D eigenvalue weighted by atomic mass is 32.2. The highest BCUT2D eigenvalue weighted by molar-refractivity contribution is 7.91. The fraction of sp³-hybridized carbons (Fsp3) is 0.533. The van der Waals surface area contributed by atoms with Crippen molar-refractivity contribution in [2.24, 2.45) is 0 Å². The van der Waals surface area contributed by atoms with Crippen molar-refractivity contribution in [3.8, 4) is 6.07 Å². The van der Waals surface area contributed by atoms with E-state index in [0.717, 1.165) is 25.9 Å². The first-order valence-electron chi connectivity index (χ1n) is 7.03. The standard InChI is InChI=1S/C15H20N2O3S/c1-15(7-2-8-17-12-15)20-9-10-21(18,19)14-5-3-13(11-16)4-6-14/h3-6,17H,2,7-10,12H2,1H3. The molecule has 1 fully saturated rings. The number of sulfone groups is 1. The molecule has 1 unspecified atom stereocenters. The number of nitrogens with zero attached hydrogens (tertiary/aromatic N) is 1. The third-order valence-corrected chi connectivity index (χ3v) is 5.40. The average Bonchev–Trinajstić information content (AvgIpc) is 2.47. The Kier molecular flexibility index (Phi) is 4.99. The molecule has 1 N–H and O–H groups in total. The first-order chi connectivity index (χ1) is 9.95. The van der Waals surface area contributed by atoms with Gasteiger partial charge in [-0.3, -0.25) is 0 Å². The van der Waals surface area contributed by atoms with Gasteiger partial charge in [-0.05, 0) is 50.6 Å². The van der Waals surface area contributed by atoms with Gasteiger partial charge in [0.05, 0.1) is 34.5 Å². The summed E-state index contributed by atoms with van der Waals surface area (Å²) in [5, 5.41) is 12.0. The zero-order valence-electron chi connectivity index (χ0n) is 12.1. The molecule has 2 rings (SSSR count). The van der Waals surface area contributed by atoms with E-state index in [2.05, 4.69) is 5.32 Å². The molecule has 1 atom stereocenters. The van der Waals surface area contributed by atoms with Crippen LogP contribution in [0.3, 0.4) is 0 Å². The minimum Gasteiger partial charge on any atom is -0.373 e. The second kappa shape index (κ2) is 6.56. The molecule has 1 saturated heterocycles. The minimum absolute atomic E-state index is 0.0471. The molecule has 5 nitrogen and oxygen atoms in total. The van der Waals surface area contributed by atoms with Gasteiger partial charge < -0.3 is 10.1 Å². The van der Waals surface area contributed by atoms with E-state index in [1.165, 1.54) is 24.3 Å². The number of hydrogen-bond donors (Lipinski definition) is 1. The number of ether oxygens (including phenoxy) is 1. The molecule has 0 aliphatic carbocycles. The molecule has 0 amide bonds. The summed E-state index contributed by atoms with van der Waals surface area (Å²) < 4.78 is 30.2. The summed E-state index contributed by atoms with van der Waals surface area (Å²) in [6.07, 6.45) is 1.98. The first-order valence-corrected chi connectivity index (χ1v) is 8.68. The molecule has 0 aromatic heterocycles. The molecule has 0 radical (unpaired) electrons. The maximum Gasteiger partial charge on any atom is 0.180 e. The van der Waals surface area contributed by atoms with E-state index in [1.54, 1.807) is 0 Å². The Bertz CT molecular complexity index is 611. The molecule has 1 aliphatic heterocycles. The van der Waals surface area contributed by atoms with Gasteiger partial charge in [-0.1, -0.05) is 0 Å². The van der Waals surface area contributed by atoms with Gasteiger partial charge in [0, 0.05) is 6.54 Å². The van der Waals surface area contributed by atoms with Crippen LogP contribution in [0.2, 0.25) is 0 Å². The molecule has 1 aromatic carbocycles. The molecule has 1 heterocycles. The van der Waals surface area contributed by atoms with Gasteiger partial charge in [-0.2, -0.15) is 5.26 Å². The lowest BCUT2D eigenvalue weighted by molar-refractivity contribution is -0.0391. The third kappa shape index (κ3) is 4.27. The van der Waals surface area contributed by atoms with E-state index >= 15 is 0 Å². The molecular weight excluding hydrogens is 288 g/mol. The fourth-order valence-corrected chi connectivity index (χ4v) is 3.49. The Morgan fingerprint density at radius 2 is 2.10 bits per heavy atom. The number of nitrogens with one attached hydrogen (secondary N) is 1. The lowest BCUT2D eigenvalue weighted by atomic mass is 9.96. The predicted octanol–water partition coefficient (Wildman–Crippen LogP) is 1.49. The highest BCUT2D eigenvalue weighted by Gasteiger charge is 2.28. The lowest BCUT2D eigenvalue weighted by Crippen LogP contribution is -2.46. The van der Waals surface area contributed by atoms with E-state index < -0.39 is 9.84 Å². The van der Waals surface area contributed by atoms with Crippen LogP contribution in [-0.2, 0) is 14.6 Å². The summed E-state index contributed by atoms with van der Waals surface area (Å²) in [7, 11) is -3.37. The van der Waals surface area contributed by atoms with Crippen LogP contribution in [0, 0.1) is 11.3 Å². The van der Waals surface area contributed by atoms with Crippen LogP contribution in [0.1, 0.15) is 25.3 Å². The fourth-order valence-electron chi connectivity index (χ4n) is 2.40. The Morgan fingerprint density at radius 3 is 2.67 bits per heavy atom. The van der Waals surface area contributed by atoms with Crippen LogP contribution in [0.5, 0.6) is 0 Å². The molecule has 0 bridgehead atoms. The minimum atomic E-state index is -3.37. The van der Waals surface area contributed by atoms with Crippen molar-refractivity contribution in [3.63, 3.8) is 0 Å². The third-order valence-electron chi connectivity index (χ3n) is 3.70. The molecule has 1 aliphatic rings.